The Bertz CT molecular complexity index is 6120. The predicted octanol–water partition coefficient (Wildman–Crippen LogP) is 22.7. The Morgan fingerprint density at radius 1 is 0.464 bits per heavy atom. The van der Waals surface area contributed by atoms with Crippen LogP contribution in [-0.2, 0) is 24.1 Å². The standard InChI is InChI=1S/C93H81N13O6/c1-4-52-19-7-10-22-64(52)82(104-110)73-49-55-31-46-70-67-25-13-16-28-76(67)95-84(70)79(55)87(90(73)107)101-98-58-34-40-61(41-35-58)106(62-42-36-59(37-43-62)99-102-88-80-56(32-47-71-68-26-14-17-29-77(68)96-85(71)80)50-74(91(88)108)83(105-111)65-23-11-8-20-53(65)5-2)63-44-38-60(39-45-63)100-103-89-81-57(33-48-72-69-27-15-18-30-78(69)97-86(72)81)51-75(92(89)109)93(112-94)66-24-12-9-21-54(66)6-3/h7-51,67,69,72,76,78,82-83,86,93,95-97,104-105,107-111H,4-6,94H2,1-3H3. The molecule has 112 heavy (non-hydrogen) atoms. The largest absolute Gasteiger partial charge is 0.505 e. The molecule has 0 saturated carbocycles. The topological polar surface area (TPSA) is 278 Å². The second kappa shape index (κ2) is 29.9. The first kappa shape index (κ1) is 70.8. The quantitative estimate of drug-likeness (QED) is 0.0237. The van der Waals surface area contributed by atoms with Crippen molar-refractivity contribution in [1.29, 1.82) is 0 Å². The molecule has 0 amide bonds. The summed E-state index contributed by atoms with van der Waals surface area (Å²) in [6, 6.07) is 67.1. The maximum atomic E-state index is 12.7. The number of hydrogen-bond donors (Lipinski definition) is 11. The molecule has 9 atom stereocenters. The number of nitrogens with one attached hydrogen (secondary N) is 5. The third-order valence-corrected chi connectivity index (χ3v) is 23.1. The van der Waals surface area contributed by atoms with Crippen molar-refractivity contribution in [3.05, 3.63) is 334 Å². The third kappa shape index (κ3) is 12.4. The van der Waals surface area contributed by atoms with Crippen LogP contribution in [0.5, 0.6) is 17.2 Å². The number of aromatic hydroxyl groups is 3. The number of hydrogen-bond acceptors (Lipinski definition) is 18. The van der Waals surface area contributed by atoms with Crippen LogP contribution in [0.2, 0.25) is 0 Å². The maximum absolute atomic E-state index is 12.7. The molecule has 554 valence electrons. The SMILES string of the molecule is CCc1ccccc1C(NO)c1cc2ccc3c(c2c(N=Nc2ccc(N(c4ccc(N=Nc5c(O)c(C(ON)c6ccccc6CC)cc6c5C5NC7C=CC=CC7C5C=C6)cc4)c4ccc(N=Nc5c(O)c(C(NO)c6ccccc6CC)cc6ccc7c8ccccc8[nH]c7c56)cc4)cc2)c1O)NC1C=CC=CC31. The van der Waals surface area contributed by atoms with Gasteiger partial charge in [0.1, 0.15) is 40.4 Å². The zero-order valence-corrected chi connectivity index (χ0v) is 61.7. The van der Waals surface area contributed by atoms with Crippen LogP contribution in [0.15, 0.2) is 298 Å². The fraction of sp³-hybridized carbons (Fsp3) is 0.161. The van der Waals surface area contributed by atoms with Crippen LogP contribution in [0.25, 0.3) is 49.4 Å². The normalized spacial score (nSPS) is 18.8. The number of para-hydroxylation sites is 1. The molecular formula is C93H81N13O6. The number of nitrogens with two attached hydrogens (primary N) is 1. The smallest absolute Gasteiger partial charge is 0.149 e. The molecule has 1 aromatic heterocycles. The van der Waals surface area contributed by atoms with Crippen molar-refractivity contribution in [3.63, 3.8) is 0 Å². The Morgan fingerprint density at radius 3 is 1.55 bits per heavy atom. The van der Waals surface area contributed by atoms with Gasteiger partial charge in [-0.15, -0.1) is 15.3 Å². The number of phenolic OH excluding ortho intramolecular Hbond substituents is 3. The van der Waals surface area contributed by atoms with E-state index in [2.05, 4.69) is 125 Å². The van der Waals surface area contributed by atoms with E-state index >= 15 is 0 Å². The van der Waals surface area contributed by atoms with Gasteiger partial charge in [-0.05, 0) is 172 Å². The fourth-order valence-corrected chi connectivity index (χ4v) is 17.6. The first-order chi connectivity index (χ1) is 55.0. The maximum Gasteiger partial charge on any atom is 0.149 e. The highest BCUT2D eigenvalue weighted by Gasteiger charge is 2.45. The molecular weight excluding hydrogens is 1400 g/mol. The number of aryl methyl sites for hydroxylation is 3. The molecule has 0 spiro atoms. The molecule has 0 bridgehead atoms. The molecule has 9 unspecified atom stereocenters. The minimum atomic E-state index is -0.811. The Labute approximate surface area is 646 Å². The van der Waals surface area contributed by atoms with E-state index in [-0.39, 0.29) is 64.5 Å². The van der Waals surface area contributed by atoms with Crippen LogP contribution in [0.4, 0.5) is 56.9 Å². The number of azo groups is 3. The van der Waals surface area contributed by atoms with E-state index in [0.717, 1.165) is 112 Å². The van der Waals surface area contributed by atoms with Crippen LogP contribution >= 0.6 is 0 Å². The number of fused-ring (bicyclic) bond motifs is 15. The summed E-state index contributed by atoms with van der Waals surface area (Å²) in [6.07, 6.45) is 22.7. The van der Waals surface area contributed by atoms with Gasteiger partial charge in [0.25, 0.3) is 0 Å². The Hall–Kier alpha value is -12.8. The number of nitrogens with zero attached hydrogens (tertiary/aromatic N) is 7. The summed E-state index contributed by atoms with van der Waals surface area (Å²) >= 11 is 0. The minimum absolute atomic E-state index is 0.00576. The molecule has 12 N–H and O–H groups in total. The molecule has 19 nitrogen and oxygen atoms in total. The average molecular weight is 1480 g/mol. The van der Waals surface area contributed by atoms with Crippen LogP contribution in [0, 0.1) is 11.8 Å². The second-order valence-electron chi connectivity index (χ2n) is 29.1. The van der Waals surface area contributed by atoms with Gasteiger partial charge in [0, 0.05) is 102 Å². The van der Waals surface area contributed by atoms with E-state index in [1.165, 1.54) is 0 Å². The average Bonchev–Trinajstić information content (AvgIpc) is 1.57. The number of phenols is 3. The van der Waals surface area contributed by atoms with Crippen molar-refractivity contribution < 1.29 is 30.6 Å². The molecule has 12 aromatic carbocycles. The van der Waals surface area contributed by atoms with Crippen molar-refractivity contribution >= 4 is 106 Å². The number of benzene rings is 12. The Morgan fingerprint density at radius 2 is 0.964 bits per heavy atom. The van der Waals surface area contributed by atoms with Gasteiger partial charge in [0.05, 0.1) is 40.7 Å². The zero-order chi connectivity index (χ0) is 76.3. The molecule has 3 aliphatic carbocycles. The second-order valence-corrected chi connectivity index (χ2v) is 29.1. The zero-order valence-electron chi connectivity index (χ0n) is 61.7. The predicted molar refractivity (Wildman–Crippen MR) is 443 cm³/mol. The van der Waals surface area contributed by atoms with Gasteiger partial charge in [0.2, 0.25) is 0 Å². The molecule has 18 rings (SSSR count). The number of allylic oxidation sites excluding steroid dienone is 4. The number of H-pyrrole nitrogens is 1. The summed E-state index contributed by atoms with van der Waals surface area (Å²) in [4.78, 5) is 11.5. The first-order valence-electron chi connectivity index (χ1n) is 38.1. The molecule has 1 fully saturated rings. The highest BCUT2D eigenvalue weighted by atomic mass is 16.6. The van der Waals surface area contributed by atoms with Crippen molar-refractivity contribution in [2.75, 3.05) is 10.2 Å². The number of aromatic nitrogens is 1. The van der Waals surface area contributed by atoms with Crippen LogP contribution in [0.1, 0.15) is 118 Å². The van der Waals surface area contributed by atoms with Crippen LogP contribution in [-0.4, -0.2) is 42.8 Å². The highest BCUT2D eigenvalue weighted by molar-refractivity contribution is 6.21. The van der Waals surface area contributed by atoms with Gasteiger partial charge in [0.15, 0.2) is 0 Å². The summed E-state index contributed by atoms with van der Waals surface area (Å²) in [5.41, 5.74) is 21.8. The molecule has 3 heterocycles. The fourth-order valence-electron chi connectivity index (χ4n) is 17.6. The lowest BCUT2D eigenvalue weighted by molar-refractivity contribution is 0.0790. The number of anilines is 4. The molecule has 5 aliphatic rings. The van der Waals surface area contributed by atoms with E-state index < -0.39 is 18.2 Å². The number of hydroxylamine groups is 2. The third-order valence-electron chi connectivity index (χ3n) is 23.1. The number of rotatable bonds is 21. The van der Waals surface area contributed by atoms with Crippen molar-refractivity contribution in [2.24, 2.45) is 48.4 Å². The van der Waals surface area contributed by atoms with Gasteiger partial charge in [-0.1, -0.05) is 197 Å². The summed E-state index contributed by atoms with van der Waals surface area (Å²) in [5.74, 6) is 6.22. The summed E-state index contributed by atoms with van der Waals surface area (Å²) < 4.78 is 0. The molecule has 2 aliphatic heterocycles. The van der Waals surface area contributed by atoms with Crippen molar-refractivity contribution in [1.82, 2.24) is 21.3 Å². The first-order valence-corrected chi connectivity index (χ1v) is 38.1. The lowest BCUT2D eigenvalue weighted by Gasteiger charge is -2.29. The van der Waals surface area contributed by atoms with Crippen molar-refractivity contribution in [2.45, 2.75) is 82.3 Å². The summed E-state index contributed by atoms with van der Waals surface area (Å²) in [5, 5.41) is 102. The van der Waals surface area contributed by atoms with E-state index in [1.807, 2.05) is 200 Å². The monoisotopic (exact) mass is 1480 g/mol. The lowest BCUT2D eigenvalue weighted by Crippen LogP contribution is -2.26. The van der Waals surface area contributed by atoms with Crippen molar-refractivity contribution in [3.8, 4) is 17.2 Å². The van der Waals surface area contributed by atoms with Gasteiger partial charge in [-0.25, -0.2) is 5.90 Å². The van der Waals surface area contributed by atoms with Gasteiger partial charge < -0.3 is 46.3 Å². The van der Waals surface area contributed by atoms with E-state index in [4.69, 9.17) is 41.4 Å². The van der Waals surface area contributed by atoms with E-state index in [9.17, 15) is 25.7 Å². The van der Waals surface area contributed by atoms with Gasteiger partial charge >= 0.3 is 0 Å². The summed E-state index contributed by atoms with van der Waals surface area (Å²) in [7, 11) is 0. The van der Waals surface area contributed by atoms with E-state index in [0.29, 0.717) is 63.1 Å². The lowest BCUT2D eigenvalue weighted by atomic mass is 9.77. The summed E-state index contributed by atoms with van der Waals surface area (Å²) in [6.45, 7) is 6.20. The van der Waals surface area contributed by atoms with Crippen LogP contribution in [0.3, 0.4) is 0 Å². The molecule has 0 radical (unpaired) electrons. The van der Waals surface area contributed by atoms with Gasteiger partial charge in [-0.3, -0.25) is 4.84 Å². The number of aromatic amines is 1. The molecule has 19 heteroatoms. The molecule has 1 saturated heterocycles. The van der Waals surface area contributed by atoms with Crippen LogP contribution < -0.4 is 32.4 Å². The Kier molecular flexibility index (Phi) is 18.9. The van der Waals surface area contributed by atoms with E-state index in [1.54, 1.807) is 0 Å². The van der Waals surface area contributed by atoms with Gasteiger partial charge in [-0.2, -0.15) is 26.3 Å². The minimum Gasteiger partial charge on any atom is -0.505 e. The highest BCUT2D eigenvalue weighted by Crippen LogP contribution is 2.56. The molecule has 13 aromatic rings. The Balaban J connectivity index is 0.736.